The van der Waals surface area contributed by atoms with Crippen LogP contribution >= 0.6 is 0 Å². The number of hydrogen-bond acceptors (Lipinski definition) is 2. The maximum absolute atomic E-state index is 10.0. The maximum atomic E-state index is 10.0. The first-order chi connectivity index (χ1) is 7.74. The van der Waals surface area contributed by atoms with Crippen LogP contribution in [0.1, 0.15) is 56.3 Å². The van der Waals surface area contributed by atoms with Gasteiger partial charge in [-0.1, -0.05) is 32.0 Å². The lowest BCUT2D eigenvalue weighted by Gasteiger charge is -2.18. The van der Waals surface area contributed by atoms with Crippen molar-refractivity contribution in [3.05, 3.63) is 29.3 Å². The van der Waals surface area contributed by atoms with E-state index in [9.17, 15) is 5.11 Å². The van der Waals surface area contributed by atoms with Crippen LogP contribution in [0.25, 0.3) is 0 Å². The summed E-state index contributed by atoms with van der Waals surface area (Å²) in [7, 11) is 0. The van der Waals surface area contributed by atoms with E-state index in [2.05, 4.69) is 19.9 Å². The van der Waals surface area contributed by atoms with Crippen molar-refractivity contribution in [1.29, 1.82) is 0 Å². The molecule has 0 fully saturated rings. The summed E-state index contributed by atoms with van der Waals surface area (Å²) in [5.74, 6) is 1.42. The summed E-state index contributed by atoms with van der Waals surface area (Å²) in [5.41, 5.74) is 2.20. The standard InChI is InChI=1S/C14H20O2/c1-3-10(2)11-6-4-7-12-13(15)8-5-9-16-14(11)12/h4,6-7,10,13,15H,3,5,8-9H2,1-2H3. The molecule has 0 amide bonds. The van der Waals surface area contributed by atoms with Gasteiger partial charge in [0.1, 0.15) is 5.75 Å². The van der Waals surface area contributed by atoms with E-state index < -0.39 is 0 Å². The molecule has 2 atom stereocenters. The molecular weight excluding hydrogens is 200 g/mol. The van der Waals surface area contributed by atoms with Gasteiger partial charge in [0.2, 0.25) is 0 Å². The molecular formula is C14H20O2. The summed E-state index contributed by atoms with van der Waals surface area (Å²) in [6.45, 7) is 5.10. The second kappa shape index (κ2) is 4.88. The van der Waals surface area contributed by atoms with Gasteiger partial charge in [0.15, 0.2) is 0 Å². The molecule has 0 saturated heterocycles. The second-order valence-electron chi connectivity index (χ2n) is 4.58. The van der Waals surface area contributed by atoms with Gasteiger partial charge in [-0.3, -0.25) is 0 Å². The van der Waals surface area contributed by atoms with Crippen LogP contribution in [0.4, 0.5) is 0 Å². The Hall–Kier alpha value is -1.02. The topological polar surface area (TPSA) is 29.5 Å². The third-order valence-electron chi connectivity index (χ3n) is 3.45. The Morgan fingerprint density at radius 2 is 2.31 bits per heavy atom. The predicted octanol–water partition coefficient (Wildman–Crippen LogP) is 3.41. The van der Waals surface area contributed by atoms with Crippen LogP contribution in [0, 0.1) is 0 Å². The zero-order valence-corrected chi connectivity index (χ0v) is 10.1. The van der Waals surface area contributed by atoms with E-state index in [1.807, 2.05) is 12.1 Å². The number of benzene rings is 1. The highest BCUT2D eigenvalue weighted by atomic mass is 16.5. The lowest BCUT2D eigenvalue weighted by atomic mass is 9.93. The van der Waals surface area contributed by atoms with Gasteiger partial charge >= 0.3 is 0 Å². The Bertz CT molecular complexity index is 360. The Morgan fingerprint density at radius 1 is 1.50 bits per heavy atom. The summed E-state index contributed by atoms with van der Waals surface area (Å²) in [4.78, 5) is 0. The Balaban J connectivity index is 2.44. The number of hydrogen-bond donors (Lipinski definition) is 1. The fraction of sp³-hybridized carbons (Fsp3) is 0.571. The summed E-state index contributed by atoms with van der Waals surface area (Å²) in [6.07, 6.45) is 2.46. The van der Waals surface area contributed by atoms with Gasteiger partial charge in [0.05, 0.1) is 12.7 Å². The minimum atomic E-state index is -0.360. The molecule has 16 heavy (non-hydrogen) atoms. The maximum Gasteiger partial charge on any atom is 0.128 e. The van der Waals surface area contributed by atoms with Crippen molar-refractivity contribution in [2.45, 2.75) is 45.1 Å². The van der Waals surface area contributed by atoms with Crippen LogP contribution in [0.15, 0.2) is 18.2 Å². The molecule has 1 N–H and O–H groups in total. The first-order valence-corrected chi connectivity index (χ1v) is 6.17. The molecule has 2 nitrogen and oxygen atoms in total. The average Bonchev–Trinajstić information content (AvgIpc) is 2.50. The van der Waals surface area contributed by atoms with Crippen LogP contribution < -0.4 is 4.74 Å². The minimum Gasteiger partial charge on any atom is -0.493 e. The smallest absolute Gasteiger partial charge is 0.128 e. The van der Waals surface area contributed by atoms with E-state index in [-0.39, 0.29) is 6.10 Å². The number of ether oxygens (including phenoxy) is 1. The second-order valence-corrected chi connectivity index (χ2v) is 4.58. The summed E-state index contributed by atoms with van der Waals surface area (Å²) in [6, 6.07) is 6.13. The molecule has 0 spiro atoms. The Labute approximate surface area is 97.3 Å². The van der Waals surface area contributed by atoms with E-state index in [0.29, 0.717) is 5.92 Å². The van der Waals surface area contributed by atoms with E-state index >= 15 is 0 Å². The van der Waals surface area contributed by atoms with Crippen LogP contribution in [-0.2, 0) is 0 Å². The normalized spacial score (nSPS) is 21.8. The van der Waals surface area contributed by atoms with E-state index in [0.717, 1.165) is 37.2 Å². The summed E-state index contributed by atoms with van der Waals surface area (Å²) in [5, 5.41) is 10.0. The van der Waals surface area contributed by atoms with Gasteiger partial charge in [0.25, 0.3) is 0 Å². The van der Waals surface area contributed by atoms with Crippen molar-refractivity contribution in [1.82, 2.24) is 0 Å². The molecule has 1 aromatic rings. The lowest BCUT2D eigenvalue weighted by Crippen LogP contribution is -2.03. The van der Waals surface area contributed by atoms with E-state index in [4.69, 9.17) is 4.74 Å². The predicted molar refractivity (Wildman–Crippen MR) is 64.8 cm³/mol. The molecule has 1 aliphatic rings. The van der Waals surface area contributed by atoms with Gasteiger partial charge in [-0.15, -0.1) is 0 Å². The number of aliphatic hydroxyl groups is 1. The fourth-order valence-corrected chi connectivity index (χ4v) is 2.22. The monoisotopic (exact) mass is 220 g/mol. The SMILES string of the molecule is CCC(C)c1cccc2c1OCCCC2O. The molecule has 1 aliphatic heterocycles. The van der Waals surface area contributed by atoms with E-state index in [1.165, 1.54) is 5.56 Å². The first kappa shape index (κ1) is 11.5. The molecule has 0 aromatic heterocycles. The number of fused-ring (bicyclic) bond motifs is 1. The molecule has 88 valence electrons. The van der Waals surface area contributed by atoms with Crippen molar-refractivity contribution in [3.8, 4) is 5.75 Å². The average molecular weight is 220 g/mol. The number of aliphatic hydroxyl groups excluding tert-OH is 1. The van der Waals surface area contributed by atoms with Gasteiger partial charge in [-0.25, -0.2) is 0 Å². The highest BCUT2D eigenvalue weighted by Crippen LogP contribution is 2.38. The van der Waals surface area contributed by atoms with Gasteiger partial charge < -0.3 is 9.84 Å². The molecule has 0 radical (unpaired) electrons. The minimum absolute atomic E-state index is 0.360. The van der Waals surface area contributed by atoms with Crippen LogP contribution in [-0.4, -0.2) is 11.7 Å². The van der Waals surface area contributed by atoms with Gasteiger partial charge in [-0.05, 0) is 30.7 Å². The molecule has 0 aliphatic carbocycles. The Morgan fingerprint density at radius 3 is 3.06 bits per heavy atom. The van der Waals surface area contributed by atoms with Gasteiger partial charge in [0, 0.05) is 5.56 Å². The zero-order chi connectivity index (χ0) is 11.5. The Kier molecular flexibility index (Phi) is 3.49. The molecule has 2 heteroatoms. The van der Waals surface area contributed by atoms with E-state index in [1.54, 1.807) is 0 Å². The van der Waals surface area contributed by atoms with Crippen LogP contribution in [0.5, 0.6) is 5.75 Å². The highest BCUT2D eigenvalue weighted by molar-refractivity contribution is 5.45. The van der Waals surface area contributed by atoms with Crippen molar-refractivity contribution < 1.29 is 9.84 Å². The third kappa shape index (κ3) is 2.07. The van der Waals surface area contributed by atoms with Gasteiger partial charge in [-0.2, -0.15) is 0 Å². The zero-order valence-electron chi connectivity index (χ0n) is 10.1. The quantitative estimate of drug-likeness (QED) is 0.827. The highest BCUT2D eigenvalue weighted by Gasteiger charge is 2.21. The molecule has 2 rings (SSSR count). The first-order valence-electron chi connectivity index (χ1n) is 6.17. The lowest BCUT2D eigenvalue weighted by molar-refractivity contribution is 0.167. The van der Waals surface area contributed by atoms with Crippen molar-refractivity contribution >= 4 is 0 Å². The fourth-order valence-electron chi connectivity index (χ4n) is 2.22. The van der Waals surface area contributed by atoms with Crippen molar-refractivity contribution in [2.24, 2.45) is 0 Å². The number of para-hydroxylation sites is 1. The van der Waals surface area contributed by atoms with Crippen LogP contribution in [0.3, 0.4) is 0 Å². The van der Waals surface area contributed by atoms with Crippen molar-refractivity contribution in [2.75, 3.05) is 6.61 Å². The summed E-state index contributed by atoms with van der Waals surface area (Å²) >= 11 is 0. The molecule has 2 unspecified atom stereocenters. The number of rotatable bonds is 2. The molecule has 0 bridgehead atoms. The molecule has 1 heterocycles. The molecule has 1 aromatic carbocycles. The third-order valence-corrected chi connectivity index (χ3v) is 3.45. The van der Waals surface area contributed by atoms with Crippen LogP contribution in [0.2, 0.25) is 0 Å². The summed E-state index contributed by atoms with van der Waals surface area (Å²) < 4.78 is 5.81. The van der Waals surface area contributed by atoms with Crippen molar-refractivity contribution in [3.63, 3.8) is 0 Å². The molecule has 0 saturated carbocycles. The largest absolute Gasteiger partial charge is 0.493 e.